The van der Waals surface area contributed by atoms with Gasteiger partial charge in [0.2, 0.25) is 11.8 Å². The van der Waals surface area contributed by atoms with Crippen molar-refractivity contribution in [3.8, 4) is 0 Å². The van der Waals surface area contributed by atoms with Crippen LogP contribution in [0.4, 0.5) is 0 Å². The average Bonchev–Trinajstić information content (AvgIpc) is 2.72. The van der Waals surface area contributed by atoms with Crippen LogP contribution in [0.1, 0.15) is 43.7 Å². The number of hydrogen-bond acceptors (Lipinski definition) is 2. The molecule has 2 aromatic carbocycles. The maximum atomic E-state index is 13.1. The topological polar surface area (TPSA) is 49.4 Å². The SMILES string of the molecule is CC(C)[C@@H](NC(=O)Cc1cccc(Cl)c1)C(=O)N1CCC(c2ccc(Cl)cc2)CC1. The summed E-state index contributed by atoms with van der Waals surface area (Å²) in [6.07, 6.45) is 2.03. The van der Waals surface area contributed by atoms with Crippen molar-refractivity contribution in [1.29, 1.82) is 0 Å². The van der Waals surface area contributed by atoms with E-state index in [9.17, 15) is 9.59 Å². The summed E-state index contributed by atoms with van der Waals surface area (Å²) in [5, 5.41) is 4.28. The van der Waals surface area contributed by atoms with E-state index in [2.05, 4.69) is 17.4 Å². The first-order valence-electron chi connectivity index (χ1n) is 10.4. The van der Waals surface area contributed by atoms with Crippen LogP contribution in [0.2, 0.25) is 10.0 Å². The lowest BCUT2D eigenvalue weighted by molar-refractivity contribution is -0.138. The highest BCUT2D eigenvalue weighted by Gasteiger charge is 2.31. The quantitative estimate of drug-likeness (QED) is 0.671. The fraction of sp³-hybridized carbons (Fsp3) is 0.417. The fourth-order valence-corrected chi connectivity index (χ4v) is 4.27. The van der Waals surface area contributed by atoms with Crippen LogP contribution in [-0.4, -0.2) is 35.8 Å². The van der Waals surface area contributed by atoms with Crippen molar-refractivity contribution in [1.82, 2.24) is 10.2 Å². The van der Waals surface area contributed by atoms with Gasteiger partial charge in [-0.15, -0.1) is 0 Å². The Morgan fingerprint density at radius 2 is 1.70 bits per heavy atom. The van der Waals surface area contributed by atoms with Crippen molar-refractivity contribution in [2.24, 2.45) is 5.92 Å². The Morgan fingerprint density at radius 1 is 1.03 bits per heavy atom. The Hall–Kier alpha value is -2.04. The highest BCUT2D eigenvalue weighted by molar-refractivity contribution is 6.30. The van der Waals surface area contributed by atoms with Crippen molar-refractivity contribution < 1.29 is 9.59 Å². The third-order valence-electron chi connectivity index (χ3n) is 5.65. The standard InChI is InChI=1S/C24H28Cl2N2O2/c1-16(2)23(27-22(29)15-17-4-3-5-21(26)14-17)24(30)28-12-10-19(11-13-28)18-6-8-20(25)9-7-18/h3-9,14,16,19,23H,10-13,15H2,1-2H3,(H,27,29)/t23-/m1/s1. The third kappa shape index (κ3) is 5.99. The van der Waals surface area contributed by atoms with E-state index in [1.807, 2.05) is 43.0 Å². The van der Waals surface area contributed by atoms with E-state index in [1.54, 1.807) is 12.1 Å². The van der Waals surface area contributed by atoms with Gasteiger partial charge in [0.15, 0.2) is 0 Å². The molecule has 1 saturated heterocycles. The molecule has 3 rings (SSSR count). The third-order valence-corrected chi connectivity index (χ3v) is 6.14. The predicted molar refractivity (Wildman–Crippen MR) is 122 cm³/mol. The number of nitrogens with one attached hydrogen (secondary N) is 1. The van der Waals surface area contributed by atoms with Crippen LogP contribution in [0.15, 0.2) is 48.5 Å². The van der Waals surface area contributed by atoms with Gasteiger partial charge in [-0.05, 0) is 60.1 Å². The second-order valence-electron chi connectivity index (χ2n) is 8.25. The van der Waals surface area contributed by atoms with Crippen molar-refractivity contribution in [2.45, 2.75) is 45.1 Å². The van der Waals surface area contributed by atoms with Crippen LogP contribution in [0.3, 0.4) is 0 Å². The lowest BCUT2D eigenvalue weighted by Crippen LogP contribution is -2.53. The number of halogens is 2. The minimum atomic E-state index is -0.524. The van der Waals surface area contributed by atoms with Crippen LogP contribution in [-0.2, 0) is 16.0 Å². The van der Waals surface area contributed by atoms with Gasteiger partial charge in [0, 0.05) is 23.1 Å². The Bertz CT molecular complexity index is 875. The zero-order chi connectivity index (χ0) is 21.7. The molecule has 0 radical (unpaired) electrons. The summed E-state index contributed by atoms with van der Waals surface area (Å²) < 4.78 is 0. The molecule has 0 bridgehead atoms. The number of nitrogens with zero attached hydrogens (tertiary/aromatic N) is 1. The smallest absolute Gasteiger partial charge is 0.245 e. The largest absolute Gasteiger partial charge is 0.344 e. The number of hydrogen-bond donors (Lipinski definition) is 1. The van der Waals surface area contributed by atoms with Gasteiger partial charge in [0.25, 0.3) is 0 Å². The molecule has 0 saturated carbocycles. The van der Waals surface area contributed by atoms with Gasteiger partial charge in [-0.2, -0.15) is 0 Å². The Morgan fingerprint density at radius 3 is 2.30 bits per heavy atom. The molecule has 2 amide bonds. The van der Waals surface area contributed by atoms with Crippen molar-refractivity contribution in [2.75, 3.05) is 13.1 Å². The summed E-state index contributed by atoms with van der Waals surface area (Å²) in [5.41, 5.74) is 2.10. The molecule has 30 heavy (non-hydrogen) atoms. The van der Waals surface area contributed by atoms with Crippen molar-refractivity contribution >= 4 is 35.0 Å². The molecule has 1 fully saturated rings. The number of carbonyl (C=O) groups excluding carboxylic acids is 2. The molecular formula is C24H28Cl2N2O2. The van der Waals surface area contributed by atoms with Gasteiger partial charge in [0.05, 0.1) is 6.42 Å². The molecule has 0 spiro atoms. The van der Waals surface area contributed by atoms with Crippen LogP contribution in [0, 0.1) is 5.92 Å². The molecule has 160 valence electrons. The van der Waals surface area contributed by atoms with Crippen LogP contribution in [0.25, 0.3) is 0 Å². The average molecular weight is 447 g/mol. The van der Waals surface area contributed by atoms with Gasteiger partial charge < -0.3 is 10.2 Å². The molecule has 0 aliphatic carbocycles. The van der Waals surface area contributed by atoms with Gasteiger partial charge in [-0.25, -0.2) is 0 Å². The number of rotatable bonds is 6. The van der Waals surface area contributed by atoms with Gasteiger partial charge in [-0.3, -0.25) is 9.59 Å². The first-order valence-corrected chi connectivity index (χ1v) is 11.2. The molecule has 1 heterocycles. The van der Waals surface area contributed by atoms with Crippen LogP contribution in [0.5, 0.6) is 0 Å². The monoisotopic (exact) mass is 446 g/mol. The number of carbonyl (C=O) groups is 2. The molecule has 1 aliphatic heterocycles. The summed E-state index contributed by atoms with van der Waals surface area (Å²) in [5.74, 6) is 0.274. The van der Waals surface area contributed by atoms with E-state index >= 15 is 0 Å². The normalized spacial score (nSPS) is 15.8. The van der Waals surface area contributed by atoms with E-state index in [0.717, 1.165) is 23.4 Å². The molecular weight excluding hydrogens is 419 g/mol. The zero-order valence-electron chi connectivity index (χ0n) is 17.4. The van der Waals surface area contributed by atoms with Crippen molar-refractivity contribution in [3.63, 3.8) is 0 Å². The highest BCUT2D eigenvalue weighted by atomic mass is 35.5. The molecule has 2 aromatic rings. The lowest BCUT2D eigenvalue weighted by Gasteiger charge is -2.35. The summed E-state index contributed by atoms with van der Waals surface area (Å²) >= 11 is 12.0. The van der Waals surface area contributed by atoms with E-state index in [1.165, 1.54) is 5.56 Å². The van der Waals surface area contributed by atoms with Crippen LogP contribution < -0.4 is 5.32 Å². The minimum absolute atomic E-state index is 0.000926. The summed E-state index contributed by atoms with van der Waals surface area (Å²) in [7, 11) is 0. The maximum Gasteiger partial charge on any atom is 0.245 e. The second-order valence-corrected chi connectivity index (χ2v) is 9.12. The Labute approximate surface area is 188 Å². The second kappa shape index (κ2) is 10.3. The predicted octanol–water partition coefficient (Wildman–Crippen LogP) is 5.08. The fourth-order valence-electron chi connectivity index (χ4n) is 3.94. The molecule has 0 aromatic heterocycles. The van der Waals surface area contributed by atoms with E-state index in [4.69, 9.17) is 23.2 Å². The number of piperidine rings is 1. The van der Waals surface area contributed by atoms with E-state index < -0.39 is 6.04 Å². The molecule has 6 heteroatoms. The number of amides is 2. The highest BCUT2D eigenvalue weighted by Crippen LogP contribution is 2.29. The van der Waals surface area contributed by atoms with Gasteiger partial charge in [-0.1, -0.05) is 61.3 Å². The van der Waals surface area contributed by atoms with Gasteiger partial charge >= 0.3 is 0 Å². The molecule has 1 N–H and O–H groups in total. The summed E-state index contributed by atoms with van der Waals surface area (Å²) in [6.45, 7) is 5.31. The zero-order valence-corrected chi connectivity index (χ0v) is 18.9. The Balaban J connectivity index is 1.57. The van der Waals surface area contributed by atoms with Gasteiger partial charge in [0.1, 0.15) is 6.04 Å². The first-order chi connectivity index (χ1) is 14.3. The van der Waals surface area contributed by atoms with Crippen LogP contribution >= 0.6 is 23.2 Å². The maximum absolute atomic E-state index is 13.1. The molecule has 4 nitrogen and oxygen atoms in total. The lowest BCUT2D eigenvalue weighted by atomic mass is 9.89. The summed E-state index contributed by atoms with van der Waals surface area (Å²) in [6, 6.07) is 14.7. The number of likely N-dealkylation sites (tertiary alicyclic amines) is 1. The summed E-state index contributed by atoms with van der Waals surface area (Å²) in [4.78, 5) is 27.6. The molecule has 1 atom stereocenters. The first kappa shape index (κ1) is 22.6. The Kier molecular flexibility index (Phi) is 7.79. The van der Waals surface area contributed by atoms with Crippen molar-refractivity contribution in [3.05, 3.63) is 69.7 Å². The molecule has 1 aliphatic rings. The number of benzene rings is 2. The molecule has 0 unspecified atom stereocenters. The van der Waals surface area contributed by atoms with E-state index in [0.29, 0.717) is 24.0 Å². The minimum Gasteiger partial charge on any atom is -0.344 e. The van der Waals surface area contributed by atoms with E-state index in [-0.39, 0.29) is 24.2 Å².